The van der Waals surface area contributed by atoms with Crippen LogP contribution < -0.4 is 10.1 Å². The molecular formula is C14H21ClN2O. The number of nitrogens with zero attached hydrogens (tertiary/aromatic N) is 1. The van der Waals surface area contributed by atoms with Crippen LogP contribution in [-0.2, 0) is 6.42 Å². The molecule has 1 saturated heterocycles. The van der Waals surface area contributed by atoms with Crippen LogP contribution in [-0.4, -0.2) is 44.7 Å². The van der Waals surface area contributed by atoms with Crippen molar-refractivity contribution in [1.29, 1.82) is 0 Å². The largest absolute Gasteiger partial charge is 0.495 e. The number of hydrogen-bond donors (Lipinski definition) is 1. The highest BCUT2D eigenvalue weighted by atomic mass is 35.5. The predicted molar refractivity (Wildman–Crippen MR) is 75.6 cm³/mol. The smallest absolute Gasteiger partial charge is 0.137 e. The molecule has 18 heavy (non-hydrogen) atoms. The summed E-state index contributed by atoms with van der Waals surface area (Å²) in [7, 11) is 3.82. The van der Waals surface area contributed by atoms with Crippen LogP contribution >= 0.6 is 11.6 Å². The Morgan fingerprint density at radius 3 is 3.00 bits per heavy atom. The van der Waals surface area contributed by atoms with Crippen LogP contribution in [0.1, 0.15) is 12.0 Å². The van der Waals surface area contributed by atoms with Crippen molar-refractivity contribution in [2.24, 2.45) is 0 Å². The number of methoxy groups -OCH3 is 1. The summed E-state index contributed by atoms with van der Waals surface area (Å²) in [5.74, 6) is 0.746. The van der Waals surface area contributed by atoms with Crippen molar-refractivity contribution < 1.29 is 4.74 Å². The van der Waals surface area contributed by atoms with E-state index in [4.69, 9.17) is 16.3 Å². The molecular weight excluding hydrogens is 248 g/mol. The van der Waals surface area contributed by atoms with Gasteiger partial charge in [-0.3, -0.25) is 0 Å². The third-order valence-corrected chi connectivity index (χ3v) is 3.75. The van der Waals surface area contributed by atoms with E-state index in [1.807, 2.05) is 12.1 Å². The Kier molecular flexibility index (Phi) is 4.87. The first kappa shape index (κ1) is 13.7. The predicted octanol–water partition coefficient (Wildman–Crippen LogP) is 2.18. The van der Waals surface area contributed by atoms with E-state index in [1.165, 1.54) is 5.56 Å². The van der Waals surface area contributed by atoms with E-state index >= 15 is 0 Å². The lowest BCUT2D eigenvalue weighted by Gasteiger charge is -2.30. The van der Waals surface area contributed by atoms with Gasteiger partial charge in [0.05, 0.1) is 12.1 Å². The average molecular weight is 269 g/mol. The molecule has 100 valence electrons. The Labute approximate surface area is 114 Å². The fourth-order valence-electron chi connectivity index (χ4n) is 2.39. The maximum atomic E-state index is 6.13. The molecule has 1 aromatic rings. The van der Waals surface area contributed by atoms with Crippen LogP contribution in [0, 0.1) is 0 Å². The van der Waals surface area contributed by atoms with Gasteiger partial charge in [0.15, 0.2) is 0 Å². The SMILES string of the molecule is COc1ccc(CCC2CN(C)CCN2)cc1Cl. The van der Waals surface area contributed by atoms with Crippen molar-refractivity contribution in [2.45, 2.75) is 18.9 Å². The first-order chi connectivity index (χ1) is 8.69. The topological polar surface area (TPSA) is 24.5 Å². The van der Waals surface area contributed by atoms with Crippen molar-refractivity contribution in [3.63, 3.8) is 0 Å². The maximum absolute atomic E-state index is 6.13. The zero-order valence-corrected chi connectivity index (χ0v) is 11.8. The minimum Gasteiger partial charge on any atom is -0.495 e. The lowest BCUT2D eigenvalue weighted by atomic mass is 10.0. The molecule has 1 aliphatic heterocycles. The molecule has 4 heteroatoms. The zero-order chi connectivity index (χ0) is 13.0. The zero-order valence-electron chi connectivity index (χ0n) is 11.1. The molecule has 0 aliphatic carbocycles. The molecule has 1 unspecified atom stereocenters. The lowest BCUT2D eigenvalue weighted by molar-refractivity contribution is 0.232. The number of rotatable bonds is 4. The first-order valence-corrected chi connectivity index (χ1v) is 6.81. The summed E-state index contributed by atoms with van der Waals surface area (Å²) >= 11 is 6.13. The van der Waals surface area contributed by atoms with Gasteiger partial charge in [0.25, 0.3) is 0 Å². The normalized spacial score (nSPS) is 20.9. The number of piperazine rings is 1. The Morgan fingerprint density at radius 2 is 2.33 bits per heavy atom. The second-order valence-corrected chi connectivity index (χ2v) is 5.33. The third kappa shape index (κ3) is 3.61. The Balaban J connectivity index is 1.88. The summed E-state index contributed by atoms with van der Waals surface area (Å²) in [4.78, 5) is 2.38. The minimum absolute atomic E-state index is 0.588. The maximum Gasteiger partial charge on any atom is 0.137 e. The molecule has 1 aliphatic rings. The first-order valence-electron chi connectivity index (χ1n) is 6.43. The molecule has 1 N–H and O–H groups in total. The highest BCUT2D eigenvalue weighted by Crippen LogP contribution is 2.25. The second-order valence-electron chi connectivity index (χ2n) is 4.92. The van der Waals surface area contributed by atoms with Crippen molar-refractivity contribution in [1.82, 2.24) is 10.2 Å². The van der Waals surface area contributed by atoms with Crippen LogP contribution in [0.15, 0.2) is 18.2 Å². The van der Waals surface area contributed by atoms with Gasteiger partial charge in [-0.2, -0.15) is 0 Å². The summed E-state index contributed by atoms with van der Waals surface area (Å²) < 4.78 is 5.16. The Bertz CT molecular complexity index is 397. The molecule has 3 nitrogen and oxygen atoms in total. The number of aryl methyl sites for hydroxylation is 1. The van der Waals surface area contributed by atoms with Crippen LogP contribution in [0.5, 0.6) is 5.75 Å². The summed E-state index contributed by atoms with van der Waals surface area (Å²) in [6, 6.07) is 6.63. The molecule has 0 bridgehead atoms. The van der Waals surface area contributed by atoms with Gasteiger partial charge in [0, 0.05) is 25.7 Å². The van der Waals surface area contributed by atoms with E-state index in [0.717, 1.165) is 38.2 Å². The molecule has 0 spiro atoms. The molecule has 1 atom stereocenters. The lowest BCUT2D eigenvalue weighted by Crippen LogP contribution is -2.49. The molecule has 0 amide bonds. The molecule has 0 radical (unpaired) electrons. The molecule has 0 saturated carbocycles. The van der Waals surface area contributed by atoms with Gasteiger partial charge < -0.3 is 15.0 Å². The van der Waals surface area contributed by atoms with Crippen LogP contribution in [0.2, 0.25) is 5.02 Å². The van der Waals surface area contributed by atoms with E-state index in [0.29, 0.717) is 11.1 Å². The second kappa shape index (κ2) is 6.41. The third-order valence-electron chi connectivity index (χ3n) is 3.46. The van der Waals surface area contributed by atoms with E-state index in [2.05, 4.69) is 23.3 Å². The highest BCUT2D eigenvalue weighted by molar-refractivity contribution is 6.32. The summed E-state index contributed by atoms with van der Waals surface area (Å²) in [5.41, 5.74) is 1.27. The number of likely N-dealkylation sites (N-methyl/N-ethyl adjacent to an activating group) is 1. The minimum atomic E-state index is 0.588. The van der Waals surface area contributed by atoms with E-state index in [1.54, 1.807) is 7.11 Å². The van der Waals surface area contributed by atoms with Gasteiger partial charge in [-0.25, -0.2) is 0 Å². The van der Waals surface area contributed by atoms with E-state index in [-0.39, 0.29) is 0 Å². The van der Waals surface area contributed by atoms with Crippen LogP contribution in [0.3, 0.4) is 0 Å². The van der Waals surface area contributed by atoms with Crippen molar-refractivity contribution in [3.8, 4) is 5.75 Å². The number of halogens is 1. The molecule has 1 fully saturated rings. The average Bonchev–Trinajstić information content (AvgIpc) is 2.37. The highest BCUT2D eigenvalue weighted by Gasteiger charge is 2.16. The van der Waals surface area contributed by atoms with Gasteiger partial charge in [-0.05, 0) is 37.6 Å². The van der Waals surface area contributed by atoms with Gasteiger partial charge in [-0.15, -0.1) is 0 Å². The van der Waals surface area contributed by atoms with Crippen molar-refractivity contribution >= 4 is 11.6 Å². The quantitative estimate of drug-likeness (QED) is 0.906. The molecule has 2 rings (SSSR count). The fourth-order valence-corrected chi connectivity index (χ4v) is 2.67. The van der Waals surface area contributed by atoms with Crippen LogP contribution in [0.4, 0.5) is 0 Å². The van der Waals surface area contributed by atoms with Gasteiger partial charge in [0.2, 0.25) is 0 Å². The van der Waals surface area contributed by atoms with Crippen LogP contribution in [0.25, 0.3) is 0 Å². The Hall–Kier alpha value is -0.770. The summed E-state index contributed by atoms with van der Waals surface area (Å²) in [6.07, 6.45) is 2.20. The summed E-state index contributed by atoms with van der Waals surface area (Å²) in [6.45, 7) is 3.36. The van der Waals surface area contributed by atoms with Gasteiger partial charge in [0.1, 0.15) is 5.75 Å². The molecule has 1 aromatic carbocycles. The Morgan fingerprint density at radius 1 is 1.50 bits per heavy atom. The van der Waals surface area contributed by atoms with Crippen molar-refractivity contribution in [3.05, 3.63) is 28.8 Å². The number of hydrogen-bond acceptors (Lipinski definition) is 3. The monoisotopic (exact) mass is 268 g/mol. The van der Waals surface area contributed by atoms with Gasteiger partial charge >= 0.3 is 0 Å². The number of nitrogens with one attached hydrogen (secondary N) is 1. The summed E-state index contributed by atoms with van der Waals surface area (Å²) in [5, 5.41) is 4.26. The van der Waals surface area contributed by atoms with Crippen molar-refractivity contribution in [2.75, 3.05) is 33.8 Å². The van der Waals surface area contributed by atoms with Gasteiger partial charge in [-0.1, -0.05) is 17.7 Å². The van der Waals surface area contributed by atoms with E-state index in [9.17, 15) is 0 Å². The van der Waals surface area contributed by atoms with E-state index < -0.39 is 0 Å². The molecule has 0 aromatic heterocycles. The fraction of sp³-hybridized carbons (Fsp3) is 0.571. The standard InChI is InChI=1S/C14H21ClN2O/c1-17-8-7-16-12(10-17)5-3-11-4-6-14(18-2)13(15)9-11/h4,6,9,12,16H,3,5,7-8,10H2,1-2H3. The molecule has 1 heterocycles. The number of ether oxygens (including phenoxy) is 1. The number of benzene rings is 1.